The van der Waals surface area contributed by atoms with E-state index in [4.69, 9.17) is 10.0 Å². The van der Waals surface area contributed by atoms with Gasteiger partial charge < -0.3 is 15.0 Å². The molecule has 0 bridgehead atoms. The molecule has 0 saturated carbocycles. The molecule has 0 aliphatic heterocycles. The van der Waals surface area contributed by atoms with Gasteiger partial charge in [-0.25, -0.2) is 0 Å². The second-order valence-electron chi connectivity index (χ2n) is 3.10. The fourth-order valence-corrected chi connectivity index (χ4v) is 1.57. The Morgan fingerprint density at radius 1 is 1.23 bits per heavy atom. The van der Waals surface area contributed by atoms with Crippen LogP contribution in [0, 0.1) is 6.92 Å². The van der Waals surface area contributed by atoms with E-state index in [0.717, 1.165) is 16.5 Å². The van der Waals surface area contributed by atoms with Crippen molar-refractivity contribution in [2.45, 2.75) is 6.92 Å². The summed E-state index contributed by atoms with van der Waals surface area (Å²) in [6.07, 6.45) is 1.84. The average molecular weight is 175 g/mol. The summed E-state index contributed by atoms with van der Waals surface area (Å²) in [6, 6.07) is 5.56. The van der Waals surface area contributed by atoms with Crippen LogP contribution in [0.3, 0.4) is 0 Å². The lowest BCUT2D eigenvalue weighted by atomic mass is 9.77. The Bertz CT molecular complexity index is 436. The van der Waals surface area contributed by atoms with Gasteiger partial charge in [0, 0.05) is 11.7 Å². The van der Waals surface area contributed by atoms with Crippen LogP contribution in [0.5, 0.6) is 0 Å². The summed E-state index contributed by atoms with van der Waals surface area (Å²) in [5, 5.41) is 19.2. The minimum Gasteiger partial charge on any atom is -0.423 e. The van der Waals surface area contributed by atoms with Crippen molar-refractivity contribution < 1.29 is 10.0 Å². The number of hydrogen-bond donors (Lipinski definition) is 3. The highest BCUT2D eigenvalue weighted by molar-refractivity contribution is 6.59. The van der Waals surface area contributed by atoms with Crippen molar-refractivity contribution in [3.8, 4) is 0 Å². The van der Waals surface area contributed by atoms with Gasteiger partial charge in [0.05, 0.1) is 0 Å². The molecule has 0 amide bonds. The summed E-state index contributed by atoms with van der Waals surface area (Å²) in [5.41, 5.74) is 2.40. The van der Waals surface area contributed by atoms with Gasteiger partial charge in [0.25, 0.3) is 0 Å². The standard InChI is InChI=1S/C9H10BNO2/c1-6-8(10(12)13)3-2-7-4-5-11-9(6)7/h2-5,11-13H,1H3. The molecule has 1 aromatic heterocycles. The van der Waals surface area contributed by atoms with Crippen molar-refractivity contribution in [1.29, 1.82) is 0 Å². The minimum atomic E-state index is -1.40. The van der Waals surface area contributed by atoms with E-state index in [1.807, 2.05) is 25.3 Å². The first kappa shape index (κ1) is 8.35. The van der Waals surface area contributed by atoms with Crippen molar-refractivity contribution in [1.82, 2.24) is 4.98 Å². The van der Waals surface area contributed by atoms with E-state index in [2.05, 4.69) is 4.98 Å². The summed E-state index contributed by atoms with van der Waals surface area (Å²) in [5.74, 6) is 0. The van der Waals surface area contributed by atoms with Crippen molar-refractivity contribution in [2.24, 2.45) is 0 Å². The number of fused-ring (bicyclic) bond motifs is 1. The number of H-pyrrole nitrogens is 1. The second-order valence-corrected chi connectivity index (χ2v) is 3.10. The van der Waals surface area contributed by atoms with Crippen LogP contribution in [0.1, 0.15) is 5.56 Å². The molecule has 0 aliphatic rings. The van der Waals surface area contributed by atoms with E-state index in [-0.39, 0.29) is 0 Å². The van der Waals surface area contributed by atoms with Gasteiger partial charge in [-0.1, -0.05) is 12.1 Å². The van der Waals surface area contributed by atoms with E-state index < -0.39 is 7.12 Å². The minimum absolute atomic E-state index is 0.551. The topological polar surface area (TPSA) is 56.2 Å². The molecule has 0 saturated heterocycles. The van der Waals surface area contributed by atoms with Crippen LogP contribution in [-0.4, -0.2) is 22.2 Å². The number of benzene rings is 1. The highest BCUT2D eigenvalue weighted by Gasteiger charge is 2.15. The van der Waals surface area contributed by atoms with Crippen LogP contribution in [0.4, 0.5) is 0 Å². The summed E-state index contributed by atoms with van der Waals surface area (Å²) in [4.78, 5) is 3.06. The van der Waals surface area contributed by atoms with Gasteiger partial charge in [0.1, 0.15) is 0 Å². The van der Waals surface area contributed by atoms with Gasteiger partial charge in [-0.15, -0.1) is 0 Å². The Balaban J connectivity index is 2.73. The normalized spacial score (nSPS) is 10.7. The summed E-state index contributed by atoms with van der Waals surface area (Å²) in [6.45, 7) is 1.87. The Morgan fingerprint density at radius 3 is 2.69 bits per heavy atom. The predicted molar refractivity (Wildman–Crippen MR) is 52.9 cm³/mol. The third-order valence-electron chi connectivity index (χ3n) is 2.31. The zero-order valence-corrected chi connectivity index (χ0v) is 7.28. The first-order valence-electron chi connectivity index (χ1n) is 4.13. The first-order chi connectivity index (χ1) is 6.20. The third-order valence-corrected chi connectivity index (χ3v) is 2.31. The van der Waals surface area contributed by atoms with E-state index >= 15 is 0 Å². The van der Waals surface area contributed by atoms with Crippen LogP contribution in [-0.2, 0) is 0 Å². The largest absolute Gasteiger partial charge is 0.488 e. The predicted octanol–water partition coefficient (Wildman–Crippen LogP) is 0.156. The quantitative estimate of drug-likeness (QED) is 0.540. The fraction of sp³-hybridized carbons (Fsp3) is 0.111. The molecule has 1 heterocycles. The van der Waals surface area contributed by atoms with Crippen molar-refractivity contribution in [3.63, 3.8) is 0 Å². The number of rotatable bonds is 1. The van der Waals surface area contributed by atoms with Gasteiger partial charge in [0.15, 0.2) is 0 Å². The summed E-state index contributed by atoms with van der Waals surface area (Å²) >= 11 is 0. The Hall–Kier alpha value is -1.26. The maximum atomic E-state index is 9.04. The molecule has 3 nitrogen and oxygen atoms in total. The highest BCUT2D eigenvalue weighted by atomic mass is 16.4. The van der Waals surface area contributed by atoms with E-state index in [1.54, 1.807) is 6.07 Å². The van der Waals surface area contributed by atoms with Gasteiger partial charge in [-0.2, -0.15) is 0 Å². The Morgan fingerprint density at radius 2 is 2.00 bits per heavy atom. The van der Waals surface area contributed by atoms with Crippen LogP contribution in [0.25, 0.3) is 10.9 Å². The third kappa shape index (κ3) is 1.24. The fourth-order valence-electron chi connectivity index (χ4n) is 1.57. The van der Waals surface area contributed by atoms with Gasteiger partial charge in [0.2, 0.25) is 0 Å². The van der Waals surface area contributed by atoms with E-state index in [9.17, 15) is 0 Å². The number of aromatic amines is 1. The molecule has 0 radical (unpaired) electrons. The molecule has 0 atom stereocenters. The van der Waals surface area contributed by atoms with Crippen LogP contribution in [0.15, 0.2) is 24.4 Å². The zero-order valence-electron chi connectivity index (χ0n) is 7.28. The maximum Gasteiger partial charge on any atom is 0.488 e. The molecular weight excluding hydrogens is 165 g/mol. The van der Waals surface area contributed by atoms with Crippen LogP contribution >= 0.6 is 0 Å². The maximum absolute atomic E-state index is 9.04. The van der Waals surface area contributed by atoms with Crippen molar-refractivity contribution in [3.05, 3.63) is 30.0 Å². The highest BCUT2D eigenvalue weighted by Crippen LogP contribution is 2.14. The summed E-state index contributed by atoms with van der Waals surface area (Å²) in [7, 11) is -1.40. The number of aromatic nitrogens is 1. The Kier molecular flexibility index (Phi) is 1.86. The van der Waals surface area contributed by atoms with Crippen molar-refractivity contribution >= 4 is 23.5 Å². The molecule has 2 aromatic rings. The molecule has 0 aliphatic carbocycles. The molecule has 4 heteroatoms. The monoisotopic (exact) mass is 175 g/mol. The zero-order chi connectivity index (χ0) is 9.42. The lowest BCUT2D eigenvalue weighted by Crippen LogP contribution is -2.32. The molecule has 0 unspecified atom stereocenters. The molecule has 0 fully saturated rings. The number of aryl methyl sites for hydroxylation is 1. The lowest BCUT2D eigenvalue weighted by Gasteiger charge is -2.04. The molecular formula is C9H10BNO2. The van der Waals surface area contributed by atoms with Gasteiger partial charge >= 0.3 is 7.12 Å². The second kappa shape index (κ2) is 2.90. The average Bonchev–Trinajstić information content (AvgIpc) is 2.52. The van der Waals surface area contributed by atoms with Crippen LogP contribution < -0.4 is 5.46 Å². The van der Waals surface area contributed by atoms with E-state index in [1.165, 1.54) is 0 Å². The van der Waals surface area contributed by atoms with E-state index in [0.29, 0.717) is 5.46 Å². The first-order valence-corrected chi connectivity index (χ1v) is 4.13. The SMILES string of the molecule is Cc1c(B(O)O)ccc2cc[nH]c12. The van der Waals surface area contributed by atoms with Crippen molar-refractivity contribution in [2.75, 3.05) is 0 Å². The molecule has 0 spiro atoms. The molecule has 1 aromatic carbocycles. The summed E-state index contributed by atoms with van der Waals surface area (Å²) < 4.78 is 0. The van der Waals surface area contributed by atoms with Crippen LogP contribution in [0.2, 0.25) is 0 Å². The molecule has 66 valence electrons. The molecule has 3 N–H and O–H groups in total. The molecule has 13 heavy (non-hydrogen) atoms. The molecule has 2 rings (SSSR count). The Labute approximate surface area is 76.2 Å². The number of nitrogens with one attached hydrogen (secondary N) is 1. The lowest BCUT2D eigenvalue weighted by molar-refractivity contribution is 0.425. The number of hydrogen-bond acceptors (Lipinski definition) is 2. The van der Waals surface area contributed by atoms with Gasteiger partial charge in [-0.05, 0) is 29.4 Å². The smallest absolute Gasteiger partial charge is 0.423 e. The van der Waals surface area contributed by atoms with Gasteiger partial charge in [-0.3, -0.25) is 0 Å².